The minimum absolute atomic E-state index is 0.0150. The van der Waals surface area contributed by atoms with Gasteiger partial charge in [-0.25, -0.2) is 0 Å². The predicted molar refractivity (Wildman–Crippen MR) is 113 cm³/mol. The molecule has 1 aromatic heterocycles. The molecule has 156 valence electrons. The molecule has 4 saturated carbocycles. The molecule has 2 aromatic rings. The lowest BCUT2D eigenvalue weighted by Gasteiger charge is -2.66. The van der Waals surface area contributed by atoms with E-state index < -0.39 is 16.8 Å². The van der Waals surface area contributed by atoms with Crippen LogP contribution < -0.4 is 0 Å². The zero-order valence-corrected chi connectivity index (χ0v) is 17.5. The van der Waals surface area contributed by atoms with Crippen LogP contribution in [0.5, 0.6) is 0 Å². The lowest BCUT2D eigenvalue weighted by molar-refractivity contribution is -0.202. The monoisotopic (exact) mass is 404 g/mol. The number of benzene rings is 1. The number of amides is 1. The maximum atomic E-state index is 13.4. The van der Waals surface area contributed by atoms with Crippen LogP contribution in [0.25, 0.3) is 10.9 Å². The molecule has 1 aromatic carbocycles. The number of aromatic nitrogens is 1. The number of fused-ring (bicyclic) bond motifs is 1. The summed E-state index contributed by atoms with van der Waals surface area (Å²) in [4.78, 5) is 32.2. The van der Waals surface area contributed by atoms with E-state index in [0.29, 0.717) is 17.8 Å². The Hall–Kier alpha value is -2.43. The van der Waals surface area contributed by atoms with Gasteiger partial charge < -0.3 is 10.0 Å². The number of carbonyl (C=O) groups excluding carboxylic acids is 1. The number of likely N-dealkylation sites (tertiary alicyclic amines) is 1. The molecule has 5 nitrogen and oxygen atoms in total. The summed E-state index contributed by atoms with van der Waals surface area (Å²) < 4.78 is 0. The van der Waals surface area contributed by atoms with Gasteiger partial charge in [0.05, 0.1) is 22.4 Å². The van der Waals surface area contributed by atoms with Crippen LogP contribution in [0.15, 0.2) is 36.5 Å². The van der Waals surface area contributed by atoms with Gasteiger partial charge in [0.2, 0.25) is 5.91 Å². The fraction of sp³-hybridized carbons (Fsp3) is 0.560. The van der Waals surface area contributed by atoms with Gasteiger partial charge in [-0.15, -0.1) is 0 Å². The second kappa shape index (κ2) is 5.83. The summed E-state index contributed by atoms with van der Waals surface area (Å²) in [6.45, 7) is 4.11. The molecule has 3 atom stereocenters. The molecule has 1 N–H and O–H groups in total. The van der Waals surface area contributed by atoms with Gasteiger partial charge in [-0.1, -0.05) is 18.2 Å². The zero-order chi connectivity index (χ0) is 20.8. The van der Waals surface area contributed by atoms with Gasteiger partial charge in [0.15, 0.2) is 0 Å². The number of aliphatic carboxylic acids is 1. The Morgan fingerprint density at radius 2 is 1.83 bits per heavy atom. The molecule has 0 spiro atoms. The van der Waals surface area contributed by atoms with E-state index >= 15 is 0 Å². The summed E-state index contributed by atoms with van der Waals surface area (Å²) in [7, 11) is 0. The molecule has 1 aliphatic heterocycles. The van der Waals surface area contributed by atoms with E-state index in [9.17, 15) is 14.7 Å². The van der Waals surface area contributed by atoms with E-state index in [-0.39, 0.29) is 18.0 Å². The number of carboxylic acids is 1. The summed E-state index contributed by atoms with van der Waals surface area (Å²) >= 11 is 0. The number of β-lactam (4-membered cyclic amide) rings is 1. The summed E-state index contributed by atoms with van der Waals surface area (Å²) in [6, 6.07) is 10.5. The Kier molecular flexibility index (Phi) is 3.57. The molecule has 5 fully saturated rings. The molecule has 1 amide bonds. The summed E-state index contributed by atoms with van der Waals surface area (Å²) in [5.74, 6) is 0.730. The molecule has 0 radical (unpaired) electrons. The van der Waals surface area contributed by atoms with Gasteiger partial charge in [0, 0.05) is 17.6 Å². The fourth-order valence-electron chi connectivity index (χ4n) is 7.77. The highest BCUT2D eigenvalue weighted by Gasteiger charge is 2.65. The van der Waals surface area contributed by atoms with Crippen molar-refractivity contribution in [2.75, 3.05) is 0 Å². The molecule has 1 saturated heterocycles. The Morgan fingerprint density at radius 3 is 2.53 bits per heavy atom. The van der Waals surface area contributed by atoms with Crippen molar-refractivity contribution in [1.82, 2.24) is 9.88 Å². The predicted octanol–water partition coefficient (Wildman–Crippen LogP) is 4.42. The zero-order valence-electron chi connectivity index (χ0n) is 17.5. The van der Waals surface area contributed by atoms with Crippen molar-refractivity contribution in [2.45, 2.75) is 58.0 Å². The number of pyridine rings is 1. The molecule has 4 bridgehead atoms. The highest BCUT2D eigenvalue weighted by Crippen LogP contribution is 2.64. The first-order chi connectivity index (χ1) is 14.3. The second-order valence-electron chi connectivity index (χ2n) is 10.8. The number of carboxylic acid groups (broad SMARTS) is 1. The quantitative estimate of drug-likeness (QED) is 0.769. The summed E-state index contributed by atoms with van der Waals surface area (Å²) in [5, 5.41) is 11.1. The molecular formula is C25H28N2O3. The largest absolute Gasteiger partial charge is 0.481 e. The molecule has 2 heterocycles. The minimum atomic E-state index is -0.618. The molecule has 3 unspecified atom stereocenters. The number of rotatable bonds is 3. The van der Waals surface area contributed by atoms with E-state index in [4.69, 9.17) is 0 Å². The lowest BCUT2D eigenvalue weighted by atomic mass is 9.47. The van der Waals surface area contributed by atoms with Crippen LogP contribution in [0.3, 0.4) is 0 Å². The SMILES string of the molecule is CC1(C)C(=O)N([C@H]2C3CC4CC2C[C@](C(=O)O)(C4)C3)C1c1cccc2ncccc12. The summed E-state index contributed by atoms with van der Waals surface area (Å²) in [6.07, 6.45) is 6.25. The van der Waals surface area contributed by atoms with Crippen molar-refractivity contribution >= 4 is 22.8 Å². The average molecular weight is 405 g/mol. The first-order valence-electron chi connectivity index (χ1n) is 11.2. The van der Waals surface area contributed by atoms with Crippen molar-refractivity contribution < 1.29 is 14.7 Å². The van der Waals surface area contributed by atoms with Crippen LogP contribution >= 0.6 is 0 Å². The summed E-state index contributed by atoms with van der Waals surface area (Å²) in [5.41, 5.74) is 1.13. The van der Waals surface area contributed by atoms with Gasteiger partial charge in [0.25, 0.3) is 0 Å². The molecule has 30 heavy (non-hydrogen) atoms. The third kappa shape index (κ3) is 2.21. The highest BCUT2D eigenvalue weighted by molar-refractivity contribution is 5.93. The Labute approximate surface area is 176 Å². The molecule has 7 rings (SSSR count). The molecule has 4 aliphatic carbocycles. The van der Waals surface area contributed by atoms with Gasteiger partial charge in [-0.2, -0.15) is 0 Å². The maximum absolute atomic E-state index is 13.4. The second-order valence-corrected chi connectivity index (χ2v) is 10.8. The van der Waals surface area contributed by atoms with E-state index in [1.54, 1.807) is 0 Å². The van der Waals surface area contributed by atoms with Crippen molar-refractivity contribution in [3.05, 3.63) is 42.1 Å². The minimum Gasteiger partial charge on any atom is -0.481 e. The fourth-order valence-corrected chi connectivity index (χ4v) is 7.77. The number of nitrogens with zero attached hydrogens (tertiary/aromatic N) is 2. The standard InChI is InChI=1S/C25H28N2O3/c1-24(2)21(18-5-3-7-19-17(18)6-4-8-26-19)27(22(24)28)20-15-9-14-10-16(20)13-25(11-14,12-15)23(29)30/h3-8,14-16,20-21H,9-13H2,1-2H3,(H,29,30)/t14?,15?,16?,20-,21?,25-. The van der Waals surface area contributed by atoms with Crippen LogP contribution in [0, 0.1) is 28.6 Å². The Balaban J connectivity index is 1.42. The van der Waals surface area contributed by atoms with Crippen LogP contribution in [-0.2, 0) is 9.59 Å². The first kappa shape index (κ1) is 18.3. The third-order valence-corrected chi connectivity index (χ3v) is 8.72. The van der Waals surface area contributed by atoms with E-state index in [0.717, 1.165) is 43.0 Å². The van der Waals surface area contributed by atoms with Crippen molar-refractivity contribution in [3.63, 3.8) is 0 Å². The third-order valence-electron chi connectivity index (χ3n) is 8.72. The topological polar surface area (TPSA) is 70.5 Å². The van der Waals surface area contributed by atoms with Gasteiger partial charge in [-0.3, -0.25) is 14.6 Å². The van der Waals surface area contributed by atoms with Crippen LogP contribution in [0.4, 0.5) is 0 Å². The van der Waals surface area contributed by atoms with Crippen molar-refractivity contribution in [2.24, 2.45) is 28.6 Å². The number of carbonyl (C=O) groups is 2. The van der Waals surface area contributed by atoms with Crippen molar-refractivity contribution in [3.8, 4) is 0 Å². The lowest BCUT2D eigenvalue weighted by Crippen LogP contribution is -2.70. The van der Waals surface area contributed by atoms with Gasteiger partial charge >= 0.3 is 5.97 Å². The smallest absolute Gasteiger partial charge is 0.309 e. The van der Waals surface area contributed by atoms with Crippen LogP contribution in [-0.4, -0.2) is 32.9 Å². The van der Waals surface area contributed by atoms with E-state index in [2.05, 4.69) is 35.9 Å². The number of hydrogen-bond donors (Lipinski definition) is 1. The normalized spacial score (nSPS) is 38.7. The highest BCUT2D eigenvalue weighted by atomic mass is 16.4. The van der Waals surface area contributed by atoms with E-state index in [1.165, 1.54) is 5.56 Å². The number of hydrogen-bond acceptors (Lipinski definition) is 3. The molecule has 5 aliphatic rings. The molecule has 5 heteroatoms. The van der Waals surface area contributed by atoms with Gasteiger partial charge in [0.1, 0.15) is 0 Å². The Morgan fingerprint density at radius 1 is 1.10 bits per heavy atom. The van der Waals surface area contributed by atoms with Crippen molar-refractivity contribution in [1.29, 1.82) is 0 Å². The van der Waals surface area contributed by atoms with E-state index in [1.807, 2.05) is 24.4 Å². The molecular weight excluding hydrogens is 376 g/mol. The van der Waals surface area contributed by atoms with Crippen LogP contribution in [0.1, 0.15) is 57.6 Å². The first-order valence-corrected chi connectivity index (χ1v) is 11.2. The van der Waals surface area contributed by atoms with Gasteiger partial charge in [-0.05, 0) is 81.4 Å². The average Bonchev–Trinajstić information content (AvgIpc) is 2.71. The maximum Gasteiger partial charge on any atom is 0.309 e. The Bertz CT molecular complexity index is 1060. The van der Waals surface area contributed by atoms with Crippen LogP contribution in [0.2, 0.25) is 0 Å².